The van der Waals surface area contributed by atoms with Gasteiger partial charge >= 0.3 is 0 Å². The first-order valence-corrected chi connectivity index (χ1v) is 6.37. The summed E-state index contributed by atoms with van der Waals surface area (Å²) in [5, 5.41) is 13.1. The van der Waals surface area contributed by atoms with Crippen molar-refractivity contribution in [2.75, 3.05) is 14.2 Å². The smallest absolute Gasteiger partial charge is 0.161 e. The molecular weight excluding hydrogens is 230 g/mol. The van der Waals surface area contributed by atoms with Crippen molar-refractivity contribution in [2.24, 2.45) is 0 Å². The Labute approximate surface area is 108 Å². The summed E-state index contributed by atoms with van der Waals surface area (Å²) in [6.07, 6.45) is 2.85. The van der Waals surface area contributed by atoms with Gasteiger partial charge in [-0.15, -0.1) is 0 Å². The molecule has 2 unspecified atom stereocenters. The number of aliphatic hydroxyl groups is 1. The molecule has 1 fully saturated rings. The van der Waals surface area contributed by atoms with E-state index in [-0.39, 0.29) is 12.1 Å². The van der Waals surface area contributed by atoms with Gasteiger partial charge < -0.3 is 19.9 Å². The van der Waals surface area contributed by atoms with Crippen molar-refractivity contribution in [1.29, 1.82) is 0 Å². The molecule has 0 radical (unpaired) electrons. The zero-order valence-electron chi connectivity index (χ0n) is 11.0. The summed E-state index contributed by atoms with van der Waals surface area (Å²) < 4.78 is 10.5. The van der Waals surface area contributed by atoms with Crippen LogP contribution in [0.15, 0.2) is 18.2 Å². The van der Waals surface area contributed by atoms with E-state index in [1.807, 2.05) is 18.2 Å². The van der Waals surface area contributed by atoms with E-state index in [0.29, 0.717) is 0 Å². The summed E-state index contributed by atoms with van der Waals surface area (Å²) in [6.45, 7) is 0.738. The third kappa shape index (κ3) is 2.94. The molecule has 0 spiro atoms. The van der Waals surface area contributed by atoms with Crippen molar-refractivity contribution in [3.8, 4) is 11.5 Å². The average Bonchev–Trinajstić information content (AvgIpc) is 2.81. The molecule has 4 nitrogen and oxygen atoms in total. The van der Waals surface area contributed by atoms with Gasteiger partial charge in [0.05, 0.1) is 20.3 Å². The van der Waals surface area contributed by atoms with Crippen LogP contribution in [0, 0.1) is 0 Å². The molecule has 18 heavy (non-hydrogen) atoms. The summed E-state index contributed by atoms with van der Waals surface area (Å²) >= 11 is 0. The number of aliphatic hydroxyl groups excluding tert-OH is 1. The number of benzene rings is 1. The molecule has 0 aliphatic heterocycles. The molecule has 100 valence electrons. The van der Waals surface area contributed by atoms with Crippen molar-refractivity contribution in [1.82, 2.24) is 5.32 Å². The Morgan fingerprint density at radius 2 is 2.00 bits per heavy atom. The Morgan fingerprint density at radius 3 is 2.61 bits per heavy atom. The molecule has 0 aromatic heterocycles. The van der Waals surface area contributed by atoms with E-state index < -0.39 is 0 Å². The molecule has 1 aliphatic carbocycles. The highest BCUT2D eigenvalue weighted by Crippen LogP contribution is 2.27. The van der Waals surface area contributed by atoms with Crippen LogP contribution in [0.2, 0.25) is 0 Å². The lowest BCUT2D eigenvalue weighted by Gasteiger charge is -2.17. The van der Waals surface area contributed by atoms with E-state index in [4.69, 9.17) is 9.47 Å². The van der Waals surface area contributed by atoms with Gasteiger partial charge in [0.2, 0.25) is 0 Å². The SMILES string of the molecule is COc1ccc(CNC2CCCC2O)cc1OC. The van der Waals surface area contributed by atoms with Crippen LogP contribution in [0.5, 0.6) is 11.5 Å². The largest absolute Gasteiger partial charge is 0.493 e. The first-order chi connectivity index (χ1) is 8.74. The molecule has 0 saturated heterocycles. The zero-order valence-corrected chi connectivity index (χ0v) is 11.0. The molecule has 0 bridgehead atoms. The number of nitrogens with one attached hydrogen (secondary N) is 1. The van der Waals surface area contributed by atoms with E-state index in [1.54, 1.807) is 14.2 Å². The number of hydrogen-bond acceptors (Lipinski definition) is 4. The standard InChI is InChI=1S/C14H21NO3/c1-17-13-7-6-10(8-14(13)18-2)9-15-11-4-3-5-12(11)16/h6-8,11-12,15-16H,3-5,9H2,1-2H3. The Bertz CT molecular complexity index is 395. The molecule has 1 saturated carbocycles. The lowest BCUT2D eigenvalue weighted by Crippen LogP contribution is -2.35. The van der Waals surface area contributed by atoms with E-state index in [0.717, 1.165) is 42.9 Å². The van der Waals surface area contributed by atoms with Crippen LogP contribution in [0.3, 0.4) is 0 Å². The van der Waals surface area contributed by atoms with Gasteiger partial charge in [0.25, 0.3) is 0 Å². The Hall–Kier alpha value is -1.26. The molecule has 4 heteroatoms. The fourth-order valence-electron chi connectivity index (χ4n) is 2.42. The minimum atomic E-state index is -0.204. The van der Waals surface area contributed by atoms with Crippen LogP contribution in [-0.2, 0) is 6.54 Å². The molecule has 1 aromatic rings. The van der Waals surface area contributed by atoms with Crippen LogP contribution >= 0.6 is 0 Å². The predicted molar refractivity (Wildman–Crippen MR) is 70.0 cm³/mol. The minimum absolute atomic E-state index is 0.204. The van der Waals surface area contributed by atoms with Gasteiger partial charge in [0.1, 0.15) is 0 Å². The maximum absolute atomic E-state index is 9.74. The molecule has 2 rings (SSSR count). The van der Waals surface area contributed by atoms with Crippen molar-refractivity contribution in [2.45, 2.75) is 38.0 Å². The summed E-state index contributed by atoms with van der Waals surface area (Å²) in [5.41, 5.74) is 1.13. The fraction of sp³-hybridized carbons (Fsp3) is 0.571. The van der Waals surface area contributed by atoms with Crippen LogP contribution in [0.1, 0.15) is 24.8 Å². The van der Waals surface area contributed by atoms with Crippen LogP contribution in [0.25, 0.3) is 0 Å². The third-order valence-corrected chi connectivity index (χ3v) is 3.50. The molecular formula is C14H21NO3. The number of hydrogen-bond donors (Lipinski definition) is 2. The van der Waals surface area contributed by atoms with Crippen LogP contribution < -0.4 is 14.8 Å². The lowest BCUT2D eigenvalue weighted by molar-refractivity contribution is 0.148. The quantitative estimate of drug-likeness (QED) is 0.836. The Balaban J connectivity index is 1.97. The lowest BCUT2D eigenvalue weighted by atomic mass is 10.1. The second-order valence-electron chi connectivity index (χ2n) is 4.67. The highest BCUT2D eigenvalue weighted by atomic mass is 16.5. The summed E-state index contributed by atoms with van der Waals surface area (Å²) in [6, 6.07) is 6.10. The molecule has 2 N–H and O–H groups in total. The zero-order chi connectivity index (χ0) is 13.0. The highest BCUT2D eigenvalue weighted by Gasteiger charge is 2.24. The van der Waals surface area contributed by atoms with Gasteiger partial charge in [0.15, 0.2) is 11.5 Å². The Morgan fingerprint density at radius 1 is 1.22 bits per heavy atom. The number of methoxy groups -OCH3 is 2. The first-order valence-electron chi connectivity index (χ1n) is 6.37. The molecule has 1 aliphatic rings. The minimum Gasteiger partial charge on any atom is -0.493 e. The van der Waals surface area contributed by atoms with Crippen molar-refractivity contribution in [3.05, 3.63) is 23.8 Å². The summed E-state index contributed by atoms with van der Waals surface area (Å²) in [7, 11) is 3.26. The van der Waals surface area contributed by atoms with Crippen LogP contribution in [0.4, 0.5) is 0 Å². The fourth-order valence-corrected chi connectivity index (χ4v) is 2.42. The van der Waals surface area contributed by atoms with E-state index in [2.05, 4.69) is 5.32 Å². The van der Waals surface area contributed by atoms with Gasteiger partial charge in [0, 0.05) is 12.6 Å². The summed E-state index contributed by atoms with van der Waals surface area (Å²) in [5.74, 6) is 1.48. The van der Waals surface area contributed by atoms with Gasteiger partial charge in [-0.25, -0.2) is 0 Å². The molecule has 0 amide bonds. The summed E-state index contributed by atoms with van der Waals surface area (Å²) in [4.78, 5) is 0. The maximum atomic E-state index is 9.74. The van der Waals surface area contributed by atoms with Gasteiger partial charge in [-0.05, 0) is 37.0 Å². The number of ether oxygens (including phenoxy) is 2. The van der Waals surface area contributed by atoms with Gasteiger partial charge in [-0.2, -0.15) is 0 Å². The van der Waals surface area contributed by atoms with E-state index in [1.165, 1.54) is 0 Å². The van der Waals surface area contributed by atoms with Crippen molar-refractivity contribution >= 4 is 0 Å². The highest BCUT2D eigenvalue weighted by molar-refractivity contribution is 5.42. The first kappa shape index (κ1) is 13.2. The molecule has 0 heterocycles. The van der Waals surface area contributed by atoms with Crippen molar-refractivity contribution in [3.63, 3.8) is 0 Å². The number of rotatable bonds is 5. The average molecular weight is 251 g/mol. The van der Waals surface area contributed by atoms with Crippen molar-refractivity contribution < 1.29 is 14.6 Å². The van der Waals surface area contributed by atoms with Gasteiger partial charge in [-0.1, -0.05) is 6.07 Å². The van der Waals surface area contributed by atoms with E-state index in [9.17, 15) is 5.11 Å². The maximum Gasteiger partial charge on any atom is 0.161 e. The predicted octanol–water partition coefficient (Wildman–Crippen LogP) is 1.71. The normalized spacial score (nSPS) is 23.1. The van der Waals surface area contributed by atoms with Gasteiger partial charge in [-0.3, -0.25) is 0 Å². The molecule has 1 aromatic carbocycles. The molecule has 2 atom stereocenters. The topological polar surface area (TPSA) is 50.7 Å². The second kappa shape index (κ2) is 6.07. The van der Waals surface area contributed by atoms with Crippen LogP contribution in [-0.4, -0.2) is 31.5 Å². The monoisotopic (exact) mass is 251 g/mol. The third-order valence-electron chi connectivity index (χ3n) is 3.50. The second-order valence-corrected chi connectivity index (χ2v) is 4.67. The Kier molecular flexibility index (Phi) is 4.44. The van der Waals surface area contributed by atoms with E-state index >= 15 is 0 Å².